The van der Waals surface area contributed by atoms with E-state index >= 15 is 0 Å². The van der Waals surface area contributed by atoms with Crippen molar-refractivity contribution in [2.75, 3.05) is 6.54 Å². The van der Waals surface area contributed by atoms with E-state index in [0.29, 0.717) is 18.2 Å². The third-order valence-corrected chi connectivity index (χ3v) is 5.14. The Kier molecular flexibility index (Phi) is 7.05. The molecule has 3 heterocycles. The minimum Gasteiger partial charge on any atom is -0.366 e. The van der Waals surface area contributed by atoms with Crippen LogP contribution in [0.3, 0.4) is 0 Å². The number of aryl methyl sites for hydroxylation is 2. The Morgan fingerprint density at radius 1 is 1.15 bits per heavy atom. The van der Waals surface area contributed by atoms with Gasteiger partial charge >= 0.3 is 0 Å². The molecule has 0 radical (unpaired) electrons. The Balaban J connectivity index is 1.42. The number of aromatic nitrogens is 2. The maximum absolute atomic E-state index is 11.6. The Bertz CT molecular complexity index is 871. The molecule has 1 aliphatic heterocycles. The van der Waals surface area contributed by atoms with E-state index in [2.05, 4.69) is 58.3 Å². The van der Waals surface area contributed by atoms with Crippen LogP contribution in [0.5, 0.6) is 0 Å². The molecule has 2 aromatic rings. The highest BCUT2D eigenvalue weighted by molar-refractivity contribution is 9.10. The third-order valence-electron chi connectivity index (χ3n) is 4.03. The summed E-state index contributed by atoms with van der Waals surface area (Å²) in [6.45, 7) is 3.36. The van der Waals surface area contributed by atoms with E-state index < -0.39 is 11.2 Å². The summed E-state index contributed by atoms with van der Waals surface area (Å²) in [5.74, 6) is 1.08. The van der Waals surface area contributed by atoms with Crippen molar-refractivity contribution in [1.29, 1.82) is 0 Å². The molecule has 0 spiro atoms. The fourth-order valence-corrected chi connectivity index (χ4v) is 3.74. The van der Waals surface area contributed by atoms with Crippen LogP contribution in [0.25, 0.3) is 0 Å². The van der Waals surface area contributed by atoms with Crippen LogP contribution in [-0.2, 0) is 24.1 Å². The van der Waals surface area contributed by atoms with Crippen molar-refractivity contribution in [1.82, 2.24) is 20.6 Å². The summed E-state index contributed by atoms with van der Waals surface area (Å²) in [5, 5.41) is 6.40. The molecule has 1 aliphatic rings. The molecule has 27 heavy (non-hydrogen) atoms. The molecule has 1 unspecified atom stereocenters. The van der Waals surface area contributed by atoms with Crippen molar-refractivity contribution in [2.45, 2.75) is 32.7 Å². The number of nitrogens with zero attached hydrogens (tertiary/aromatic N) is 4. The van der Waals surface area contributed by atoms with E-state index in [9.17, 15) is 4.21 Å². The van der Waals surface area contributed by atoms with Crippen molar-refractivity contribution in [3.63, 3.8) is 0 Å². The lowest BCUT2D eigenvalue weighted by Crippen LogP contribution is -2.38. The average Bonchev–Trinajstić information content (AvgIpc) is 3.02. The van der Waals surface area contributed by atoms with Gasteiger partial charge in [-0.2, -0.15) is 0 Å². The SMILES string of the molecule is Cc1cc(Br)cnc1CCCCNC1=NS(=O)N=C1NCc1cccnc1. The standard InChI is InChI=1S/C18H21BrN6OS/c1-13-9-15(19)12-22-16(13)6-2-3-8-21-17-18(25-27(26)24-17)23-11-14-5-4-7-20-10-14/h4-5,7,9-10,12H,2-3,6,8,11H2,1H3,(H,21,24)(H,23,25). The number of unbranched alkanes of at least 4 members (excludes halogenated alkanes) is 1. The maximum atomic E-state index is 11.6. The summed E-state index contributed by atoms with van der Waals surface area (Å²) in [5.41, 5.74) is 3.34. The number of halogens is 1. The number of amidine groups is 2. The first kappa shape index (κ1) is 19.6. The highest BCUT2D eigenvalue weighted by atomic mass is 79.9. The van der Waals surface area contributed by atoms with E-state index in [0.717, 1.165) is 41.5 Å². The van der Waals surface area contributed by atoms with E-state index in [-0.39, 0.29) is 0 Å². The maximum Gasteiger partial charge on any atom is 0.269 e. The summed E-state index contributed by atoms with van der Waals surface area (Å²) < 4.78 is 20.7. The molecule has 7 nitrogen and oxygen atoms in total. The molecule has 0 aliphatic carbocycles. The zero-order valence-electron chi connectivity index (χ0n) is 15.0. The van der Waals surface area contributed by atoms with Crippen LogP contribution in [0, 0.1) is 6.92 Å². The molecule has 9 heteroatoms. The molecular formula is C18H21BrN6OS. The van der Waals surface area contributed by atoms with Gasteiger partial charge in [0.15, 0.2) is 11.7 Å². The number of hydrogen-bond donors (Lipinski definition) is 2. The number of pyridine rings is 2. The van der Waals surface area contributed by atoms with Crippen LogP contribution >= 0.6 is 15.9 Å². The van der Waals surface area contributed by atoms with Crippen molar-refractivity contribution < 1.29 is 4.21 Å². The number of nitrogens with one attached hydrogen (secondary N) is 2. The lowest BCUT2D eigenvalue weighted by atomic mass is 10.1. The molecule has 142 valence electrons. The Labute approximate surface area is 169 Å². The van der Waals surface area contributed by atoms with Gasteiger partial charge in [-0.3, -0.25) is 9.97 Å². The highest BCUT2D eigenvalue weighted by Gasteiger charge is 2.18. The number of hydrogen-bond acceptors (Lipinski definition) is 5. The molecule has 0 aromatic carbocycles. The monoisotopic (exact) mass is 448 g/mol. The highest BCUT2D eigenvalue weighted by Crippen LogP contribution is 2.14. The zero-order chi connectivity index (χ0) is 19.1. The third kappa shape index (κ3) is 5.93. The predicted octanol–water partition coefficient (Wildman–Crippen LogP) is 2.64. The fraction of sp³-hybridized carbons (Fsp3) is 0.333. The van der Waals surface area contributed by atoms with E-state index in [1.54, 1.807) is 12.4 Å². The second kappa shape index (κ2) is 9.70. The summed E-state index contributed by atoms with van der Waals surface area (Å²) >= 11 is 1.87. The van der Waals surface area contributed by atoms with Crippen molar-refractivity contribution >= 4 is 38.8 Å². The number of rotatable bonds is 7. The summed E-state index contributed by atoms with van der Waals surface area (Å²) in [6.07, 6.45) is 8.24. The molecule has 3 rings (SSSR count). The molecule has 0 saturated heterocycles. The van der Waals surface area contributed by atoms with Crippen molar-refractivity contribution in [3.8, 4) is 0 Å². The molecule has 0 amide bonds. The van der Waals surface area contributed by atoms with Gasteiger partial charge in [0.25, 0.3) is 11.2 Å². The van der Waals surface area contributed by atoms with Gasteiger partial charge < -0.3 is 10.6 Å². The molecule has 1 atom stereocenters. The molecular weight excluding hydrogens is 428 g/mol. The van der Waals surface area contributed by atoms with Gasteiger partial charge in [-0.05, 0) is 65.4 Å². The molecule has 0 saturated carbocycles. The normalized spacial score (nSPS) is 16.0. The average molecular weight is 449 g/mol. The van der Waals surface area contributed by atoms with Gasteiger partial charge in [0.2, 0.25) is 0 Å². The minimum atomic E-state index is -1.56. The van der Waals surface area contributed by atoms with Gasteiger partial charge in [-0.25, -0.2) is 4.21 Å². The summed E-state index contributed by atoms with van der Waals surface area (Å²) in [6, 6.07) is 5.93. The summed E-state index contributed by atoms with van der Waals surface area (Å²) in [4.78, 5) is 8.54. The largest absolute Gasteiger partial charge is 0.366 e. The topological polar surface area (TPSA) is 91.6 Å². The van der Waals surface area contributed by atoms with Gasteiger partial charge in [-0.1, -0.05) is 6.07 Å². The Morgan fingerprint density at radius 3 is 2.70 bits per heavy atom. The Morgan fingerprint density at radius 2 is 1.96 bits per heavy atom. The molecule has 0 bridgehead atoms. The van der Waals surface area contributed by atoms with E-state index in [1.807, 2.05) is 18.3 Å². The van der Waals surface area contributed by atoms with Crippen molar-refractivity contribution in [2.24, 2.45) is 8.80 Å². The minimum absolute atomic E-state index is 0.530. The van der Waals surface area contributed by atoms with Gasteiger partial charge in [0.05, 0.1) is 0 Å². The van der Waals surface area contributed by atoms with Crippen LogP contribution in [-0.4, -0.2) is 32.4 Å². The van der Waals surface area contributed by atoms with Crippen LogP contribution < -0.4 is 10.6 Å². The van der Waals surface area contributed by atoms with Crippen LogP contribution in [0.1, 0.15) is 29.7 Å². The lowest BCUT2D eigenvalue weighted by Gasteiger charge is -2.10. The van der Waals surface area contributed by atoms with Gasteiger partial charge in [-0.15, -0.1) is 8.80 Å². The first-order chi connectivity index (χ1) is 13.1. The second-order valence-electron chi connectivity index (χ2n) is 6.13. The zero-order valence-corrected chi connectivity index (χ0v) is 17.4. The van der Waals surface area contributed by atoms with Crippen LogP contribution in [0.2, 0.25) is 0 Å². The smallest absolute Gasteiger partial charge is 0.269 e. The van der Waals surface area contributed by atoms with E-state index in [4.69, 9.17) is 0 Å². The Hall–Kier alpha value is -2.13. The second-order valence-corrected chi connectivity index (χ2v) is 7.87. The van der Waals surface area contributed by atoms with Crippen LogP contribution in [0.15, 0.2) is 50.1 Å². The molecule has 2 aromatic heterocycles. The molecule has 2 N–H and O–H groups in total. The van der Waals surface area contributed by atoms with Gasteiger partial charge in [0.1, 0.15) is 0 Å². The predicted molar refractivity (Wildman–Crippen MR) is 112 cm³/mol. The molecule has 0 fully saturated rings. The van der Waals surface area contributed by atoms with Crippen LogP contribution in [0.4, 0.5) is 0 Å². The first-order valence-electron chi connectivity index (χ1n) is 8.69. The van der Waals surface area contributed by atoms with Crippen molar-refractivity contribution in [3.05, 3.63) is 58.1 Å². The quantitative estimate of drug-likeness (QED) is 0.635. The first-order valence-corrected chi connectivity index (χ1v) is 10.5. The fourth-order valence-electron chi connectivity index (χ4n) is 2.64. The summed E-state index contributed by atoms with van der Waals surface area (Å²) in [7, 11) is 0. The van der Waals surface area contributed by atoms with E-state index in [1.165, 1.54) is 5.56 Å². The lowest BCUT2D eigenvalue weighted by molar-refractivity contribution is 0.685. The van der Waals surface area contributed by atoms with Gasteiger partial charge in [0, 0.05) is 41.8 Å².